The van der Waals surface area contributed by atoms with Crippen LogP contribution in [0.25, 0.3) is 0 Å². The summed E-state index contributed by atoms with van der Waals surface area (Å²) in [6.07, 6.45) is 0. The maximum atomic E-state index is 9.10. The van der Waals surface area contributed by atoms with E-state index in [4.69, 9.17) is 79.3 Å². The molecule has 0 spiro atoms. The third kappa shape index (κ3) is 32.0. The second kappa shape index (κ2) is 28.6. The van der Waals surface area contributed by atoms with Crippen molar-refractivity contribution in [1.29, 1.82) is 0 Å². The summed E-state index contributed by atoms with van der Waals surface area (Å²) >= 11 is 0. The number of morpholine rings is 2. The molecular formula is C22H40N6O16. The molecule has 2 aliphatic rings. The molecule has 0 radical (unpaired) electrons. The summed E-state index contributed by atoms with van der Waals surface area (Å²) in [6.45, 7) is 14.0. The van der Waals surface area contributed by atoms with Crippen molar-refractivity contribution in [3.8, 4) is 0 Å². The van der Waals surface area contributed by atoms with Crippen LogP contribution in [0.3, 0.4) is 0 Å². The zero-order valence-corrected chi connectivity index (χ0v) is 24.1. The molecule has 2 heterocycles. The van der Waals surface area contributed by atoms with Gasteiger partial charge in [0.15, 0.2) is 0 Å². The van der Waals surface area contributed by atoms with E-state index in [0.717, 1.165) is 78.8 Å². The molecule has 2 rings (SSSR count). The maximum absolute atomic E-state index is 9.10. The Bertz CT molecular complexity index is 803. The fraction of sp³-hybridized carbons (Fsp3) is 0.636. The SMILES string of the molecule is CC(=NCCN1CCOCC1)NO.CC(=NCCN1CCOCC1)NO.O=C(O)C(=O)O.O=C(O)C(=O)O.O=C(O)C(=O)O. The lowest BCUT2D eigenvalue weighted by molar-refractivity contribution is -0.159. The van der Waals surface area contributed by atoms with E-state index in [0.29, 0.717) is 11.7 Å². The fourth-order valence-electron chi connectivity index (χ4n) is 2.44. The summed E-state index contributed by atoms with van der Waals surface area (Å²) in [6, 6.07) is 0. The van der Waals surface area contributed by atoms with Gasteiger partial charge in [0.05, 0.1) is 39.5 Å². The highest BCUT2D eigenvalue weighted by Crippen LogP contribution is 1.96. The largest absolute Gasteiger partial charge is 0.473 e. The molecule has 2 saturated heterocycles. The van der Waals surface area contributed by atoms with E-state index in [2.05, 4.69) is 19.8 Å². The van der Waals surface area contributed by atoms with Gasteiger partial charge in [-0.15, -0.1) is 0 Å². The van der Waals surface area contributed by atoms with Gasteiger partial charge in [0.1, 0.15) is 11.7 Å². The van der Waals surface area contributed by atoms with Crippen LogP contribution >= 0.6 is 0 Å². The number of hydrogen-bond donors (Lipinski definition) is 10. The van der Waals surface area contributed by atoms with Crippen LogP contribution in [0.5, 0.6) is 0 Å². The lowest BCUT2D eigenvalue weighted by Crippen LogP contribution is -2.37. The summed E-state index contributed by atoms with van der Waals surface area (Å²) in [4.78, 5) is 67.4. The van der Waals surface area contributed by atoms with E-state index < -0.39 is 35.8 Å². The molecule has 0 unspecified atom stereocenters. The minimum absolute atomic E-state index is 0.563. The topological polar surface area (TPSA) is 338 Å². The first-order valence-electron chi connectivity index (χ1n) is 12.4. The number of nitrogens with one attached hydrogen (secondary N) is 2. The quantitative estimate of drug-likeness (QED) is 0.0592. The predicted octanol–water partition coefficient (Wildman–Crippen LogP) is -3.10. The van der Waals surface area contributed by atoms with Gasteiger partial charge in [0, 0.05) is 39.3 Å². The van der Waals surface area contributed by atoms with Crippen LogP contribution < -0.4 is 11.0 Å². The summed E-state index contributed by atoms with van der Waals surface area (Å²) in [7, 11) is 0. The van der Waals surface area contributed by atoms with Gasteiger partial charge in [-0.05, 0) is 13.8 Å². The van der Waals surface area contributed by atoms with Crippen LogP contribution in [-0.4, -0.2) is 177 Å². The molecule has 2 fully saturated rings. The Kier molecular flexibility index (Phi) is 28.6. The van der Waals surface area contributed by atoms with Crippen LogP contribution in [0.2, 0.25) is 0 Å². The first-order chi connectivity index (χ1) is 20.6. The molecule has 0 aromatic rings. The van der Waals surface area contributed by atoms with Crippen LogP contribution in [0.15, 0.2) is 9.98 Å². The molecular weight excluding hydrogens is 604 g/mol. The van der Waals surface area contributed by atoms with E-state index in [1.807, 2.05) is 11.0 Å². The number of rotatable bonds is 6. The number of nitrogens with zero attached hydrogens (tertiary/aromatic N) is 4. The second-order valence-electron chi connectivity index (χ2n) is 7.90. The Morgan fingerprint density at radius 1 is 0.545 bits per heavy atom. The van der Waals surface area contributed by atoms with Gasteiger partial charge in [-0.2, -0.15) is 0 Å². The van der Waals surface area contributed by atoms with Crippen molar-refractivity contribution in [1.82, 2.24) is 20.8 Å². The highest BCUT2D eigenvalue weighted by atomic mass is 16.5. The molecule has 2 aliphatic heterocycles. The molecule has 22 heteroatoms. The van der Waals surface area contributed by atoms with Gasteiger partial charge in [-0.1, -0.05) is 0 Å². The third-order valence-electron chi connectivity index (χ3n) is 4.61. The molecule has 0 aromatic carbocycles. The number of amidine groups is 2. The minimum Gasteiger partial charge on any atom is -0.473 e. The van der Waals surface area contributed by atoms with Gasteiger partial charge in [-0.3, -0.25) is 41.2 Å². The van der Waals surface area contributed by atoms with Crippen molar-refractivity contribution in [3.63, 3.8) is 0 Å². The first kappa shape index (κ1) is 44.0. The van der Waals surface area contributed by atoms with Gasteiger partial charge >= 0.3 is 35.8 Å². The summed E-state index contributed by atoms with van der Waals surface area (Å²) in [5.74, 6) is -9.82. The molecule has 0 aromatic heterocycles. The predicted molar refractivity (Wildman–Crippen MR) is 146 cm³/mol. The lowest BCUT2D eigenvalue weighted by Gasteiger charge is -2.25. The van der Waals surface area contributed by atoms with Crippen LogP contribution in [0, 0.1) is 0 Å². The number of hydroxylamine groups is 2. The lowest BCUT2D eigenvalue weighted by atomic mass is 10.4. The number of ether oxygens (including phenoxy) is 2. The first-order valence-corrected chi connectivity index (χ1v) is 12.4. The van der Waals surface area contributed by atoms with E-state index >= 15 is 0 Å². The van der Waals surface area contributed by atoms with Gasteiger partial charge in [0.2, 0.25) is 0 Å². The van der Waals surface area contributed by atoms with Crippen molar-refractivity contribution in [3.05, 3.63) is 0 Å². The van der Waals surface area contributed by atoms with Gasteiger partial charge in [-0.25, -0.2) is 28.8 Å². The Morgan fingerprint density at radius 2 is 0.773 bits per heavy atom. The average molecular weight is 645 g/mol. The highest BCUT2D eigenvalue weighted by Gasteiger charge is 2.09. The van der Waals surface area contributed by atoms with Crippen molar-refractivity contribution in [2.45, 2.75) is 13.8 Å². The van der Waals surface area contributed by atoms with Crippen molar-refractivity contribution >= 4 is 47.5 Å². The van der Waals surface area contributed by atoms with Crippen LogP contribution in [0.4, 0.5) is 0 Å². The fourth-order valence-corrected chi connectivity index (χ4v) is 2.44. The molecule has 254 valence electrons. The number of hydrogen-bond acceptors (Lipinski definition) is 14. The Morgan fingerprint density at radius 3 is 0.955 bits per heavy atom. The number of carboxylic acids is 6. The standard InChI is InChI=1S/2C8H17N3O2.3C2H2O4/c2*1-8(10-12)9-2-3-11-4-6-13-7-5-11;3*3-1(4)2(5)6/h2*12H,2-7H2,1H3,(H,9,10);3*(H,3,4)(H,5,6). The molecule has 0 atom stereocenters. The summed E-state index contributed by atoms with van der Waals surface area (Å²) in [5, 5.41) is 61.3. The number of carboxylic acid groups (broad SMARTS) is 6. The van der Waals surface area contributed by atoms with Gasteiger partial charge < -0.3 is 40.1 Å². The maximum Gasteiger partial charge on any atom is 0.414 e. The third-order valence-corrected chi connectivity index (χ3v) is 4.61. The van der Waals surface area contributed by atoms with Gasteiger partial charge in [0.25, 0.3) is 0 Å². The zero-order chi connectivity index (χ0) is 34.5. The molecule has 44 heavy (non-hydrogen) atoms. The molecule has 22 nitrogen and oxygen atoms in total. The molecule has 0 saturated carbocycles. The number of aliphatic carboxylic acids is 6. The molecule has 0 amide bonds. The van der Waals surface area contributed by atoms with E-state index in [9.17, 15) is 0 Å². The van der Waals surface area contributed by atoms with E-state index in [-0.39, 0.29) is 0 Å². The number of carbonyl (C=O) groups is 6. The molecule has 10 N–H and O–H groups in total. The average Bonchev–Trinajstić information content (AvgIpc) is 2.99. The normalized spacial score (nSPS) is 15.0. The Hall–Kier alpha value is -4.48. The monoisotopic (exact) mass is 644 g/mol. The van der Waals surface area contributed by atoms with Crippen molar-refractivity contribution < 1.29 is 79.3 Å². The Balaban J connectivity index is -0.000000506. The van der Waals surface area contributed by atoms with Crippen LogP contribution in [-0.2, 0) is 38.2 Å². The smallest absolute Gasteiger partial charge is 0.414 e. The number of aliphatic imine (C=N–C) groups is 2. The van der Waals surface area contributed by atoms with Crippen molar-refractivity contribution in [2.75, 3.05) is 78.8 Å². The molecule has 0 bridgehead atoms. The minimum atomic E-state index is -1.82. The Labute approximate surface area is 250 Å². The van der Waals surface area contributed by atoms with E-state index in [1.54, 1.807) is 13.8 Å². The summed E-state index contributed by atoms with van der Waals surface area (Å²) in [5.41, 5.74) is 4.02. The second-order valence-corrected chi connectivity index (χ2v) is 7.90. The van der Waals surface area contributed by atoms with E-state index in [1.165, 1.54) is 0 Å². The zero-order valence-electron chi connectivity index (χ0n) is 24.1. The molecule has 0 aliphatic carbocycles. The van der Waals surface area contributed by atoms with Crippen LogP contribution in [0.1, 0.15) is 13.8 Å². The summed E-state index contributed by atoms with van der Waals surface area (Å²) < 4.78 is 10.4. The van der Waals surface area contributed by atoms with Crippen molar-refractivity contribution in [2.24, 2.45) is 9.98 Å². The highest BCUT2D eigenvalue weighted by molar-refractivity contribution is 6.28.